The maximum Gasteiger partial charge on any atom is 0.242 e. The summed E-state index contributed by atoms with van der Waals surface area (Å²) in [5.41, 5.74) is 0. The van der Waals surface area contributed by atoms with Gasteiger partial charge in [-0.05, 0) is 19.8 Å². The van der Waals surface area contributed by atoms with Crippen molar-refractivity contribution in [3.63, 3.8) is 0 Å². The standard InChI is InChI=1S/C14H25N3O4S/c1-2-22(20,21)17-10-8-15(9-11-17)14(19)12-16-7-5-3-4-6-13(16)18/h2-12H2,1H3. The molecule has 8 heteroatoms. The third-order valence-corrected chi connectivity index (χ3v) is 6.23. The zero-order valence-electron chi connectivity index (χ0n) is 13.2. The summed E-state index contributed by atoms with van der Waals surface area (Å²) in [6.07, 6.45) is 3.40. The molecule has 2 fully saturated rings. The van der Waals surface area contributed by atoms with Gasteiger partial charge >= 0.3 is 0 Å². The highest BCUT2D eigenvalue weighted by molar-refractivity contribution is 7.89. The topological polar surface area (TPSA) is 78.0 Å². The van der Waals surface area contributed by atoms with E-state index in [2.05, 4.69) is 0 Å². The van der Waals surface area contributed by atoms with Crippen LogP contribution in [0.25, 0.3) is 0 Å². The summed E-state index contributed by atoms with van der Waals surface area (Å²) in [5, 5.41) is 0. The van der Waals surface area contributed by atoms with Crippen LogP contribution in [0.4, 0.5) is 0 Å². The van der Waals surface area contributed by atoms with E-state index in [-0.39, 0.29) is 24.1 Å². The first-order valence-corrected chi connectivity index (χ1v) is 9.58. The van der Waals surface area contributed by atoms with Crippen LogP contribution < -0.4 is 0 Å². The van der Waals surface area contributed by atoms with Gasteiger partial charge in [-0.25, -0.2) is 8.42 Å². The SMILES string of the molecule is CCS(=O)(=O)N1CCN(C(=O)CN2CCCCCC2=O)CC1. The molecule has 0 aromatic carbocycles. The zero-order valence-corrected chi connectivity index (χ0v) is 14.0. The highest BCUT2D eigenvalue weighted by Crippen LogP contribution is 2.13. The Morgan fingerprint density at radius 1 is 1.05 bits per heavy atom. The number of sulfonamides is 1. The molecule has 2 aliphatic rings. The molecule has 0 aromatic heterocycles. The van der Waals surface area contributed by atoms with Gasteiger partial charge in [-0.1, -0.05) is 6.42 Å². The smallest absolute Gasteiger partial charge is 0.242 e. The Balaban J connectivity index is 1.86. The number of likely N-dealkylation sites (tertiary alicyclic amines) is 1. The lowest BCUT2D eigenvalue weighted by molar-refractivity contribution is -0.140. The Kier molecular flexibility index (Phi) is 5.80. The Morgan fingerprint density at radius 2 is 1.73 bits per heavy atom. The molecule has 0 radical (unpaired) electrons. The van der Waals surface area contributed by atoms with Gasteiger partial charge < -0.3 is 9.80 Å². The van der Waals surface area contributed by atoms with Crippen LogP contribution >= 0.6 is 0 Å². The van der Waals surface area contributed by atoms with Gasteiger partial charge in [-0.2, -0.15) is 4.31 Å². The van der Waals surface area contributed by atoms with Crippen molar-refractivity contribution in [2.24, 2.45) is 0 Å². The lowest BCUT2D eigenvalue weighted by Gasteiger charge is -2.35. The maximum atomic E-state index is 12.3. The molecule has 0 atom stereocenters. The highest BCUT2D eigenvalue weighted by Gasteiger charge is 2.29. The van der Waals surface area contributed by atoms with Crippen molar-refractivity contribution >= 4 is 21.8 Å². The van der Waals surface area contributed by atoms with Crippen LogP contribution in [-0.4, -0.2) is 79.4 Å². The van der Waals surface area contributed by atoms with Crippen molar-refractivity contribution < 1.29 is 18.0 Å². The van der Waals surface area contributed by atoms with Gasteiger partial charge in [0.2, 0.25) is 21.8 Å². The average molecular weight is 331 g/mol. The largest absolute Gasteiger partial charge is 0.339 e. The number of amides is 2. The second kappa shape index (κ2) is 7.41. The predicted octanol–water partition coefficient (Wildman–Crippen LogP) is -0.117. The van der Waals surface area contributed by atoms with Crippen molar-refractivity contribution in [2.45, 2.75) is 32.6 Å². The molecular formula is C14H25N3O4S. The van der Waals surface area contributed by atoms with E-state index in [1.807, 2.05) is 0 Å². The minimum Gasteiger partial charge on any atom is -0.339 e. The Morgan fingerprint density at radius 3 is 2.36 bits per heavy atom. The lowest BCUT2D eigenvalue weighted by Crippen LogP contribution is -2.53. The fourth-order valence-corrected chi connectivity index (χ4v) is 3.95. The van der Waals surface area contributed by atoms with Crippen LogP contribution in [0, 0.1) is 0 Å². The summed E-state index contributed by atoms with van der Waals surface area (Å²) in [6, 6.07) is 0. The van der Waals surface area contributed by atoms with Crippen molar-refractivity contribution in [2.75, 3.05) is 45.0 Å². The Hall–Kier alpha value is -1.15. The van der Waals surface area contributed by atoms with Crippen LogP contribution in [0.2, 0.25) is 0 Å². The highest BCUT2D eigenvalue weighted by atomic mass is 32.2. The second-order valence-corrected chi connectivity index (χ2v) is 8.06. The summed E-state index contributed by atoms with van der Waals surface area (Å²) in [6.45, 7) is 3.89. The third kappa shape index (κ3) is 4.19. The third-order valence-electron chi connectivity index (χ3n) is 4.35. The first kappa shape index (κ1) is 17.2. The molecule has 0 unspecified atom stereocenters. The maximum absolute atomic E-state index is 12.3. The normalized spacial score (nSPS) is 21.8. The van der Waals surface area contributed by atoms with Gasteiger partial charge in [-0.15, -0.1) is 0 Å². The number of nitrogens with zero attached hydrogens (tertiary/aromatic N) is 3. The van der Waals surface area contributed by atoms with Crippen LogP contribution in [0.5, 0.6) is 0 Å². The van der Waals surface area contributed by atoms with Gasteiger partial charge in [0.25, 0.3) is 0 Å². The van der Waals surface area contributed by atoms with E-state index in [1.54, 1.807) is 16.7 Å². The molecule has 22 heavy (non-hydrogen) atoms. The van der Waals surface area contributed by atoms with E-state index >= 15 is 0 Å². The quantitative estimate of drug-likeness (QED) is 0.720. The molecule has 0 N–H and O–H groups in total. The lowest BCUT2D eigenvalue weighted by atomic mass is 10.2. The number of carbonyl (C=O) groups is 2. The van der Waals surface area contributed by atoms with E-state index in [0.29, 0.717) is 39.1 Å². The molecule has 2 saturated heterocycles. The van der Waals surface area contributed by atoms with E-state index < -0.39 is 10.0 Å². The molecule has 2 aliphatic heterocycles. The van der Waals surface area contributed by atoms with Gasteiger partial charge in [0.15, 0.2) is 0 Å². The average Bonchev–Trinajstić information content (AvgIpc) is 2.72. The van der Waals surface area contributed by atoms with E-state index in [9.17, 15) is 18.0 Å². The van der Waals surface area contributed by atoms with E-state index in [4.69, 9.17) is 0 Å². The molecule has 126 valence electrons. The number of carbonyl (C=O) groups excluding carboxylic acids is 2. The van der Waals surface area contributed by atoms with E-state index in [1.165, 1.54) is 4.31 Å². The molecular weight excluding hydrogens is 306 g/mol. The van der Waals surface area contributed by atoms with Crippen LogP contribution in [-0.2, 0) is 19.6 Å². The molecule has 0 spiro atoms. The van der Waals surface area contributed by atoms with Crippen LogP contribution in [0.15, 0.2) is 0 Å². The van der Waals surface area contributed by atoms with Crippen molar-refractivity contribution in [3.05, 3.63) is 0 Å². The van der Waals surface area contributed by atoms with Crippen molar-refractivity contribution in [3.8, 4) is 0 Å². The minimum absolute atomic E-state index is 0.0537. The van der Waals surface area contributed by atoms with Gasteiger partial charge in [0.05, 0.1) is 12.3 Å². The number of hydrogen-bond acceptors (Lipinski definition) is 4. The zero-order chi connectivity index (χ0) is 16.2. The molecule has 2 heterocycles. The number of rotatable bonds is 4. The van der Waals surface area contributed by atoms with Crippen LogP contribution in [0.1, 0.15) is 32.6 Å². The summed E-state index contributed by atoms with van der Waals surface area (Å²) in [4.78, 5) is 27.5. The molecule has 0 saturated carbocycles. The molecule has 0 aromatic rings. The summed E-state index contributed by atoms with van der Waals surface area (Å²) in [5.74, 6) is 0.0605. The summed E-state index contributed by atoms with van der Waals surface area (Å²) >= 11 is 0. The van der Waals surface area contributed by atoms with Crippen molar-refractivity contribution in [1.29, 1.82) is 0 Å². The summed E-state index contributed by atoms with van der Waals surface area (Å²) in [7, 11) is -3.18. The first-order chi connectivity index (χ1) is 10.4. The molecule has 0 bridgehead atoms. The van der Waals surface area contributed by atoms with Crippen LogP contribution in [0.3, 0.4) is 0 Å². The summed E-state index contributed by atoms with van der Waals surface area (Å²) < 4.78 is 25.0. The Labute approximate surface area is 132 Å². The Bertz CT molecular complexity index is 512. The molecule has 2 amide bonds. The minimum atomic E-state index is -3.18. The first-order valence-electron chi connectivity index (χ1n) is 7.97. The molecule has 0 aliphatic carbocycles. The van der Waals surface area contributed by atoms with Gasteiger partial charge in [0.1, 0.15) is 0 Å². The van der Waals surface area contributed by atoms with E-state index in [0.717, 1.165) is 19.3 Å². The number of piperazine rings is 1. The van der Waals surface area contributed by atoms with Crippen molar-refractivity contribution in [1.82, 2.24) is 14.1 Å². The van der Waals surface area contributed by atoms with Gasteiger partial charge in [0, 0.05) is 39.1 Å². The fourth-order valence-electron chi connectivity index (χ4n) is 2.87. The number of hydrogen-bond donors (Lipinski definition) is 0. The molecule has 7 nitrogen and oxygen atoms in total. The van der Waals surface area contributed by atoms with Gasteiger partial charge in [-0.3, -0.25) is 9.59 Å². The molecule has 2 rings (SSSR count). The fraction of sp³-hybridized carbons (Fsp3) is 0.857. The second-order valence-electron chi connectivity index (χ2n) is 5.81. The monoisotopic (exact) mass is 331 g/mol. The predicted molar refractivity (Wildman–Crippen MR) is 82.7 cm³/mol.